The number of halogens is 1. The molecule has 7 heteroatoms. The van der Waals surface area contributed by atoms with Gasteiger partial charge in [0.25, 0.3) is 0 Å². The van der Waals surface area contributed by atoms with Crippen LogP contribution in [0.15, 0.2) is 72.8 Å². The highest BCUT2D eigenvalue weighted by Crippen LogP contribution is 2.45. The van der Waals surface area contributed by atoms with E-state index in [0.717, 1.165) is 21.6 Å². The van der Waals surface area contributed by atoms with Gasteiger partial charge in [-0.1, -0.05) is 59.9 Å². The Morgan fingerprint density at radius 3 is 2.61 bits per heavy atom. The number of rotatable bonds is 6. The Balaban J connectivity index is 1.28. The number of carbonyl (C=O) groups is 1. The molecule has 5 nitrogen and oxygen atoms in total. The highest BCUT2D eigenvalue weighted by molar-refractivity contribution is 7.21. The van der Waals surface area contributed by atoms with Crippen LogP contribution in [0, 0.1) is 5.82 Å². The number of likely N-dealkylation sites (tertiary alicyclic amines) is 1. The molecule has 0 amide bonds. The Morgan fingerprint density at radius 1 is 1.12 bits per heavy atom. The van der Waals surface area contributed by atoms with Crippen molar-refractivity contribution in [1.82, 2.24) is 14.9 Å². The molecule has 4 aromatic rings. The molecule has 2 aliphatic rings. The maximum absolute atomic E-state index is 15.0. The first kappa shape index (κ1) is 20.2. The van der Waals surface area contributed by atoms with E-state index < -0.39 is 12.0 Å². The fraction of sp³-hybridized carbons (Fsp3) is 0.192. The second kappa shape index (κ2) is 7.57. The number of thiazole rings is 1. The van der Waals surface area contributed by atoms with Gasteiger partial charge < -0.3 is 5.11 Å². The fourth-order valence-electron chi connectivity index (χ4n) is 4.45. The molecule has 3 heterocycles. The van der Waals surface area contributed by atoms with Crippen molar-refractivity contribution < 1.29 is 14.3 Å². The number of allylic oxidation sites excluding steroid dienone is 2. The Kier molecular flexibility index (Phi) is 4.64. The van der Waals surface area contributed by atoms with Crippen LogP contribution in [0.3, 0.4) is 0 Å². The smallest absolute Gasteiger partial charge is 0.320 e. The largest absolute Gasteiger partial charge is 0.480 e. The monoisotopic (exact) mass is 457 g/mol. The number of carboxylic acid groups (broad SMARTS) is 1. The lowest BCUT2D eigenvalue weighted by molar-refractivity contribution is -0.148. The predicted octanol–water partition coefficient (Wildman–Crippen LogP) is 5.01. The van der Waals surface area contributed by atoms with Gasteiger partial charge in [-0.2, -0.15) is 0 Å². The standard InChI is InChI=1S/C26H20FN3O2S/c27-19-14-16(15-30-13-10-21(30)25(31)32)6-7-18(19)23-28-20-8-9-22(29-24(20)33-23)26(11-12-26)17-4-2-1-3-5-17/h1-9,11-12,14,21H,10,13,15H2,(H,31,32)/t21-/m0/s1. The van der Waals surface area contributed by atoms with Crippen LogP contribution in [0.1, 0.15) is 23.2 Å². The van der Waals surface area contributed by atoms with Gasteiger partial charge in [-0.15, -0.1) is 0 Å². The molecule has 0 radical (unpaired) electrons. The first-order valence-electron chi connectivity index (χ1n) is 10.8. The van der Waals surface area contributed by atoms with Crippen molar-refractivity contribution in [3.63, 3.8) is 0 Å². The van der Waals surface area contributed by atoms with Crippen molar-refractivity contribution in [3.8, 4) is 10.6 Å². The lowest BCUT2D eigenvalue weighted by atomic mass is 9.89. The number of benzene rings is 2. The van der Waals surface area contributed by atoms with Crippen molar-refractivity contribution in [2.45, 2.75) is 24.4 Å². The topological polar surface area (TPSA) is 66.3 Å². The number of hydrogen-bond donors (Lipinski definition) is 1. The van der Waals surface area contributed by atoms with E-state index in [4.69, 9.17) is 4.98 Å². The van der Waals surface area contributed by atoms with Gasteiger partial charge in [0.2, 0.25) is 0 Å². The predicted molar refractivity (Wildman–Crippen MR) is 126 cm³/mol. The third-order valence-electron chi connectivity index (χ3n) is 6.50. The minimum Gasteiger partial charge on any atom is -0.480 e. The van der Waals surface area contributed by atoms with E-state index >= 15 is 0 Å². The Hall–Kier alpha value is -3.42. The van der Waals surface area contributed by atoms with Gasteiger partial charge >= 0.3 is 5.97 Å². The first-order valence-corrected chi connectivity index (χ1v) is 11.6. The van der Waals surface area contributed by atoms with Gasteiger partial charge in [-0.3, -0.25) is 9.69 Å². The van der Waals surface area contributed by atoms with Crippen molar-refractivity contribution in [1.29, 1.82) is 0 Å². The molecule has 1 fully saturated rings. The zero-order valence-corrected chi connectivity index (χ0v) is 18.4. The van der Waals surface area contributed by atoms with E-state index in [1.54, 1.807) is 6.07 Å². The molecule has 2 aromatic carbocycles. The summed E-state index contributed by atoms with van der Waals surface area (Å²) in [5.74, 6) is -1.18. The molecule has 164 valence electrons. The third kappa shape index (κ3) is 3.44. The summed E-state index contributed by atoms with van der Waals surface area (Å²) in [6, 6.07) is 18.8. The Bertz CT molecular complexity index is 1410. The molecule has 0 spiro atoms. The molecule has 1 atom stereocenters. The van der Waals surface area contributed by atoms with Crippen molar-refractivity contribution in [2.75, 3.05) is 6.54 Å². The minimum absolute atomic E-state index is 0.267. The average Bonchev–Trinajstić information content (AvgIpc) is 3.50. The molecule has 2 aromatic heterocycles. The zero-order chi connectivity index (χ0) is 22.6. The van der Waals surface area contributed by atoms with Crippen molar-refractivity contribution in [3.05, 3.63) is 95.5 Å². The number of fused-ring (bicyclic) bond motifs is 1. The normalized spacial score (nSPS) is 18.9. The van der Waals surface area contributed by atoms with Crippen molar-refractivity contribution >= 4 is 27.7 Å². The van der Waals surface area contributed by atoms with Gasteiger partial charge in [-0.05, 0) is 41.8 Å². The van der Waals surface area contributed by atoms with Gasteiger partial charge in [-0.25, -0.2) is 14.4 Å². The summed E-state index contributed by atoms with van der Waals surface area (Å²) in [4.78, 5) is 23.3. The number of aromatic nitrogens is 2. The summed E-state index contributed by atoms with van der Waals surface area (Å²) in [5.41, 5.74) is 3.79. The molecule has 1 saturated heterocycles. The molecular formula is C26H20FN3O2S. The van der Waals surface area contributed by atoms with Crippen LogP contribution >= 0.6 is 11.3 Å². The van der Waals surface area contributed by atoms with Crippen LogP contribution in [-0.2, 0) is 16.8 Å². The SMILES string of the molecule is O=C(O)[C@@H]1CCN1Cc1ccc(-c2nc3ccc(C4(c5ccccc5)C=C4)nc3s2)c(F)c1. The van der Waals surface area contributed by atoms with E-state index in [1.807, 2.05) is 41.3 Å². The highest BCUT2D eigenvalue weighted by atomic mass is 32.1. The molecule has 1 N–H and O–H groups in total. The van der Waals surface area contributed by atoms with Crippen LogP contribution in [-0.4, -0.2) is 38.5 Å². The molecule has 1 aliphatic carbocycles. The van der Waals surface area contributed by atoms with E-state index in [1.165, 1.54) is 23.0 Å². The first-order chi connectivity index (χ1) is 16.0. The van der Waals surface area contributed by atoms with Crippen LogP contribution in [0.5, 0.6) is 0 Å². The van der Waals surface area contributed by atoms with Crippen molar-refractivity contribution in [2.24, 2.45) is 0 Å². The molecule has 33 heavy (non-hydrogen) atoms. The second-order valence-electron chi connectivity index (χ2n) is 8.54. The van der Waals surface area contributed by atoms with Gasteiger partial charge in [0.15, 0.2) is 0 Å². The van der Waals surface area contributed by atoms with Gasteiger partial charge in [0.1, 0.15) is 27.2 Å². The van der Waals surface area contributed by atoms with Crippen LogP contribution in [0.4, 0.5) is 4.39 Å². The number of carboxylic acids is 1. The summed E-state index contributed by atoms with van der Waals surface area (Å²) in [6.07, 6.45) is 4.92. The summed E-state index contributed by atoms with van der Waals surface area (Å²) in [5, 5.41) is 9.79. The number of hydrogen-bond acceptors (Lipinski definition) is 5. The van der Waals surface area contributed by atoms with E-state index in [-0.39, 0.29) is 11.2 Å². The highest BCUT2D eigenvalue weighted by Gasteiger charge is 2.39. The summed E-state index contributed by atoms with van der Waals surface area (Å²) in [7, 11) is 0. The Morgan fingerprint density at radius 2 is 1.94 bits per heavy atom. The lowest BCUT2D eigenvalue weighted by Crippen LogP contribution is -2.51. The molecule has 0 saturated carbocycles. The minimum atomic E-state index is -0.824. The fourth-order valence-corrected chi connectivity index (χ4v) is 5.41. The van der Waals surface area contributed by atoms with Gasteiger partial charge in [0, 0.05) is 18.7 Å². The van der Waals surface area contributed by atoms with E-state index in [2.05, 4.69) is 29.3 Å². The molecule has 0 unspecified atom stereocenters. The van der Waals surface area contributed by atoms with Gasteiger partial charge in [0.05, 0.1) is 11.1 Å². The molecular weight excluding hydrogens is 437 g/mol. The lowest BCUT2D eigenvalue weighted by Gasteiger charge is -2.37. The van der Waals surface area contributed by atoms with E-state index in [9.17, 15) is 14.3 Å². The summed E-state index contributed by atoms with van der Waals surface area (Å²) < 4.78 is 15.0. The number of nitrogens with zero attached hydrogens (tertiary/aromatic N) is 3. The maximum Gasteiger partial charge on any atom is 0.320 e. The van der Waals surface area contributed by atoms with E-state index in [0.29, 0.717) is 30.1 Å². The molecule has 6 rings (SSSR count). The number of pyridine rings is 1. The maximum atomic E-state index is 15.0. The molecule has 0 bridgehead atoms. The molecule has 1 aliphatic heterocycles. The summed E-state index contributed by atoms with van der Waals surface area (Å²) >= 11 is 1.38. The van der Waals surface area contributed by atoms with Crippen LogP contribution in [0.2, 0.25) is 0 Å². The quantitative estimate of drug-likeness (QED) is 0.412. The zero-order valence-electron chi connectivity index (χ0n) is 17.6. The number of aliphatic carboxylic acids is 1. The third-order valence-corrected chi connectivity index (χ3v) is 7.49. The van der Waals surface area contributed by atoms with Crippen LogP contribution in [0.25, 0.3) is 20.9 Å². The van der Waals surface area contributed by atoms with Crippen LogP contribution < -0.4 is 0 Å². The average molecular weight is 458 g/mol. The Labute approximate surface area is 193 Å². The second-order valence-corrected chi connectivity index (χ2v) is 9.51. The summed E-state index contributed by atoms with van der Waals surface area (Å²) in [6.45, 7) is 1.14.